The molecule has 3 N–H and O–H groups in total. The summed E-state index contributed by atoms with van der Waals surface area (Å²) in [7, 11) is 1.72. The number of nitrogens with one attached hydrogen (secondary N) is 3. The number of piperidine rings is 1. The molecule has 1 saturated heterocycles. The largest absolute Gasteiger partial charge is 0.355 e. The first kappa shape index (κ1) is 22.4. The van der Waals surface area contributed by atoms with Crippen molar-refractivity contribution in [2.24, 2.45) is 10.9 Å². The van der Waals surface area contributed by atoms with Crippen molar-refractivity contribution in [2.45, 2.75) is 46.1 Å². The molecule has 0 saturated carbocycles. The van der Waals surface area contributed by atoms with Gasteiger partial charge in [-0.3, -0.25) is 9.79 Å². The van der Waals surface area contributed by atoms with Crippen LogP contribution < -0.4 is 16.0 Å². The molecular weight excluding hydrogens is 405 g/mol. The van der Waals surface area contributed by atoms with Gasteiger partial charge in [-0.25, -0.2) is 0 Å². The Hall–Kier alpha value is -0.570. The fraction of sp³-hybridized carbons (Fsp3) is 0.875. The average Bonchev–Trinajstić information content (AvgIpc) is 2.42. The minimum absolute atomic E-state index is 0. The Balaban J connectivity index is 0.00000484. The van der Waals surface area contributed by atoms with Crippen LogP contribution in [0.15, 0.2) is 4.99 Å². The van der Waals surface area contributed by atoms with E-state index in [0.29, 0.717) is 5.96 Å². The highest BCUT2D eigenvalue weighted by molar-refractivity contribution is 14.0. The Labute approximate surface area is 158 Å². The Bertz CT molecular complexity index is 373. The lowest BCUT2D eigenvalue weighted by Gasteiger charge is -2.30. The zero-order chi connectivity index (χ0) is 16.6. The summed E-state index contributed by atoms with van der Waals surface area (Å²) in [5.41, 5.74) is -0.207. The molecule has 0 aliphatic carbocycles. The van der Waals surface area contributed by atoms with E-state index >= 15 is 0 Å². The number of amides is 1. The van der Waals surface area contributed by atoms with E-state index < -0.39 is 0 Å². The summed E-state index contributed by atoms with van der Waals surface area (Å²) >= 11 is 0. The molecule has 1 rings (SSSR count). The number of aliphatic imine (C=N–C) groups is 1. The predicted molar refractivity (Wildman–Crippen MR) is 108 cm³/mol. The van der Waals surface area contributed by atoms with Crippen molar-refractivity contribution in [3.8, 4) is 0 Å². The molecule has 1 aliphatic heterocycles. The van der Waals surface area contributed by atoms with Crippen molar-refractivity contribution in [3.05, 3.63) is 0 Å². The van der Waals surface area contributed by atoms with E-state index in [1.165, 1.54) is 25.9 Å². The number of halogens is 1. The van der Waals surface area contributed by atoms with Crippen molar-refractivity contribution in [1.82, 2.24) is 20.9 Å². The molecule has 0 spiro atoms. The van der Waals surface area contributed by atoms with E-state index in [0.717, 1.165) is 19.0 Å². The van der Waals surface area contributed by atoms with E-state index in [9.17, 15) is 4.79 Å². The molecular formula is C16H34IN5O. The van der Waals surface area contributed by atoms with Crippen LogP contribution >= 0.6 is 24.0 Å². The highest BCUT2D eigenvalue weighted by Gasteiger charge is 2.15. The Kier molecular flexibility index (Phi) is 10.8. The number of guanidine groups is 1. The summed E-state index contributed by atoms with van der Waals surface area (Å²) in [5.74, 6) is 1.51. The lowest BCUT2D eigenvalue weighted by Crippen LogP contribution is -2.49. The van der Waals surface area contributed by atoms with Crippen LogP contribution in [-0.4, -0.2) is 62.1 Å². The van der Waals surface area contributed by atoms with Gasteiger partial charge >= 0.3 is 0 Å². The second kappa shape index (κ2) is 11.1. The second-order valence-electron chi connectivity index (χ2n) is 7.17. The quantitative estimate of drug-likeness (QED) is 0.344. The SMILES string of the molecule is CN=C(NCCN1CCC(C)CC1)NCC(=O)NC(C)(C)C.I. The van der Waals surface area contributed by atoms with E-state index in [-0.39, 0.29) is 42.0 Å². The molecule has 136 valence electrons. The number of likely N-dealkylation sites (tertiary alicyclic amines) is 1. The molecule has 0 atom stereocenters. The van der Waals surface area contributed by atoms with Gasteiger partial charge in [0.05, 0.1) is 6.54 Å². The first-order valence-electron chi connectivity index (χ1n) is 8.28. The molecule has 0 aromatic rings. The van der Waals surface area contributed by atoms with Crippen molar-refractivity contribution < 1.29 is 4.79 Å². The van der Waals surface area contributed by atoms with Crippen LogP contribution in [0.4, 0.5) is 0 Å². The van der Waals surface area contributed by atoms with Crippen LogP contribution in [0, 0.1) is 5.92 Å². The van der Waals surface area contributed by atoms with Crippen LogP contribution in [0.3, 0.4) is 0 Å². The Morgan fingerprint density at radius 3 is 2.35 bits per heavy atom. The lowest BCUT2D eigenvalue weighted by molar-refractivity contribution is -0.121. The maximum Gasteiger partial charge on any atom is 0.239 e. The number of nitrogens with zero attached hydrogens (tertiary/aromatic N) is 2. The number of hydrogen-bond donors (Lipinski definition) is 3. The minimum Gasteiger partial charge on any atom is -0.355 e. The highest BCUT2D eigenvalue weighted by atomic mass is 127. The lowest BCUT2D eigenvalue weighted by atomic mass is 9.99. The van der Waals surface area contributed by atoms with Crippen LogP contribution in [-0.2, 0) is 4.79 Å². The van der Waals surface area contributed by atoms with Gasteiger partial charge in [0, 0.05) is 25.7 Å². The molecule has 1 heterocycles. The number of hydrogen-bond acceptors (Lipinski definition) is 3. The highest BCUT2D eigenvalue weighted by Crippen LogP contribution is 2.14. The molecule has 1 aliphatic rings. The van der Waals surface area contributed by atoms with Gasteiger partial charge in [0.1, 0.15) is 0 Å². The van der Waals surface area contributed by atoms with E-state index in [2.05, 4.69) is 32.8 Å². The summed E-state index contributed by atoms with van der Waals surface area (Å²) in [6, 6.07) is 0. The van der Waals surface area contributed by atoms with Gasteiger partial charge in [-0.05, 0) is 52.6 Å². The second-order valence-corrected chi connectivity index (χ2v) is 7.17. The van der Waals surface area contributed by atoms with Crippen LogP contribution in [0.2, 0.25) is 0 Å². The van der Waals surface area contributed by atoms with Crippen molar-refractivity contribution in [1.29, 1.82) is 0 Å². The first-order chi connectivity index (χ1) is 10.3. The summed E-state index contributed by atoms with van der Waals surface area (Å²) < 4.78 is 0. The Morgan fingerprint density at radius 1 is 1.22 bits per heavy atom. The van der Waals surface area contributed by atoms with Crippen LogP contribution in [0.1, 0.15) is 40.5 Å². The third-order valence-electron chi connectivity index (χ3n) is 3.75. The summed E-state index contributed by atoms with van der Waals surface area (Å²) in [5, 5.41) is 9.23. The maximum absolute atomic E-state index is 11.8. The smallest absolute Gasteiger partial charge is 0.239 e. The molecule has 0 radical (unpaired) electrons. The Morgan fingerprint density at radius 2 is 1.83 bits per heavy atom. The fourth-order valence-corrected chi connectivity index (χ4v) is 2.47. The normalized spacial score (nSPS) is 17.3. The van der Waals surface area contributed by atoms with Crippen LogP contribution in [0.5, 0.6) is 0 Å². The van der Waals surface area contributed by atoms with Gasteiger partial charge in [0.25, 0.3) is 0 Å². The average molecular weight is 439 g/mol. The van der Waals surface area contributed by atoms with Gasteiger partial charge < -0.3 is 20.9 Å². The monoisotopic (exact) mass is 439 g/mol. The molecule has 6 nitrogen and oxygen atoms in total. The molecule has 0 aromatic heterocycles. The molecule has 1 amide bonds. The topological polar surface area (TPSA) is 68.8 Å². The third-order valence-corrected chi connectivity index (χ3v) is 3.75. The maximum atomic E-state index is 11.8. The van der Waals surface area contributed by atoms with Crippen molar-refractivity contribution in [3.63, 3.8) is 0 Å². The summed E-state index contributed by atoms with van der Waals surface area (Å²) in [6.45, 7) is 12.7. The molecule has 0 unspecified atom stereocenters. The number of carbonyl (C=O) groups excluding carboxylic acids is 1. The van der Waals surface area contributed by atoms with Crippen molar-refractivity contribution in [2.75, 3.05) is 39.8 Å². The summed E-state index contributed by atoms with van der Waals surface area (Å²) in [6.07, 6.45) is 2.58. The molecule has 23 heavy (non-hydrogen) atoms. The predicted octanol–water partition coefficient (Wildman–Crippen LogP) is 1.42. The van der Waals surface area contributed by atoms with Gasteiger partial charge in [-0.2, -0.15) is 0 Å². The molecule has 1 fully saturated rings. The zero-order valence-electron chi connectivity index (χ0n) is 15.2. The standard InChI is InChI=1S/C16H33N5O.HI/c1-13-6-9-21(10-7-13)11-8-18-15(17-5)19-12-14(22)20-16(2,3)4;/h13H,6-12H2,1-5H3,(H,20,22)(H2,17,18,19);1H. The zero-order valence-corrected chi connectivity index (χ0v) is 17.6. The minimum atomic E-state index is -0.207. The van der Waals surface area contributed by atoms with Gasteiger partial charge in [-0.1, -0.05) is 6.92 Å². The molecule has 0 bridgehead atoms. The van der Waals surface area contributed by atoms with Gasteiger partial charge in [0.2, 0.25) is 5.91 Å². The number of carbonyl (C=O) groups is 1. The van der Waals surface area contributed by atoms with Crippen molar-refractivity contribution >= 4 is 35.8 Å². The van der Waals surface area contributed by atoms with E-state index in [1.807, 2.05) is 20.8 Å². The molecule has 7 heteroatoms. The van der Waals surface area contributed by atoms with Crippen LogP contribution in [0.25, 0.3) is 0 Å². The summed E-state index contributed by atoms with van der Waals surface area (Å²) in [4.78, 5) is 18.4. The van der Waals surface area contributed by atoms with E-state index in [1.54, 1.807) is 7.05 Å². The fourth-order valence-electron chi connectivity index (χ4n) is 2.47. The number of rotatable bonds is 5. The first-order valence-corrected chi connectivity index (χ1v) is 8.28. The van der Waals surface area contributed by atoms with E-state index in [4.69, 9.17) is 0 Å². The van der Waals surface area contributed by atoms with Gasteiger partial charge in [0.15, 0.2) is 5.96 Å². The molecule has 0 aromatic carbocycles. The third kappa shape index (κ3) is 10.8. The van der Waals surface area contributed by atoms with Gasteiger partial charge in [-0.15, -0.1) is 24.0 Å².